The van der Waals surface area contributed by atoms with E-state index in [2.05, 4.69) is 5.32 Å². The van der Waals surface area contributed by atoms with E-state index in [0.29, 0.717) is 16.3 Å². The molecule has 0 heterocycles. The van der Waals surface area contributed by atoms with E-state index >= 15 is 0 Å². The van der Waals surface area contributed by atoms with Gasteiger partial charge in [-0.25, -0.2) is 4.79 Å². The van der Waals surface area contributed by atoms with Crippen molar-refractivity contribution in [2.45, 2.75) is 39.7 Å². The molecular weight excluding hydrogens is 266 g/mol. The Morgan fingerprint density at radius 1 is 1.32 bits per heavy atom. The van der Waals surface area contributed by atoms with Crippen LogP contribution in [0.4, 0.5) is 10.5 Å². The van der Waals surface area contributed by atoms with Crippen LogP contribution in [0.25, 0.3) is 0 Å². The van der Waals surface area contributed by atoms with E-state index < -0.39 is 11.7 Å². The van der Waals surface area contributed by atoms with E-state index in [0.717, 1.165) is 0 Å². The number of hydrogen-bond donors (Lipinski definition) is 1. The minimum absolute atomic E-state index is 0.00885. The van der Waals surface area contributed by atoms with Gasteiger partial charge in [-0.3, -0.25) is 10.1 Å². The lowest BCUT2D eigenvalue weighted by molar-refractivity contribution is -0.116. The van der Waals surface area contributed by atoms with E-state index in [1.807, 2.05) is 0 Å². The summed E-state index contributed by atoms with van der Waals surface area (Å²) >= 11 is 5.89. The van der Waals surface area contributed by atoms with Gasteiger partial charge in [0.2, 0.25) is 0 Å². The molecule has 1 aromatic rings. The molecule has 104 valence electrons. The van der Waals surface area contributed by atoms with Gasteiger partial charge in [-0.15, -0.1) is 0 Å². The van der Waals surface area contributed by atoms with Gasteiger partial charge in [0.1, 0.15) is 11.4 Å². The van der Waals surface area contributed by atoms with Crippen LogP contribution in [-0.2, 0) is 16.0 Å². The van der Waals surface area contributed by atoms with Crippen molar-refractivity contribution >= 4 is 29.2 Å². The van der Waals surface area contributed by atoms with Crippen LogP contribution in [0.15, 0.2) is 18.2 Å². The number of rotatable bonds is 3. The number of Topliss-reactive ketones (excluding diaryl/α,β-unsaturated/α-hetero) is 1. The molecule has 0 bridgehead atoms. The maximum Gasteiger partial charge on any atom is 0.412 e. The zero-order chi connectivity index (χ0) is 14.6. The van der Waals surface area contributed by atoms with Gasteiger partial charge in [-0.05, 0) is 45.4 Å². The second-order valence-corrected chi connectivity index (χ2v) is 5.74. The Balaban J connectivity index is 2.89. The zero-order valence-electron chi connectivity index (χ0n) is 11.5. The minimum Gasteiger partial charge on any atom is -0.444 e. The lowest BCUT2D eigenvalue weighted by atomic mass is 10.1. The minimum atomic E-state index is -0.580. The summed E-state index contributed by atoms with van der Waals surface area (Å²) in [6.45, 7) is 6.83. The first-order valence-corrected chi connectivity index (χ1v) is 6.33. The predicted molar refractivity (Wildman–Crippen MR) is 75.7 cm³/mol. The highest BCUT2D eigenvalue weighted by Gasteiger charge is 2.17. The van der Waals surface area contributed by atoms with Gasteiger partial charge in [0.05, 0.1) is 0 Å². The molecule has 4 nitrogen and oxygen atoms in total. The van der Waals surface area contributed by atoms with E-state index in [1.165, 1.54) is 6.92 Å². The molecule has 0 unspecified atom stereocenters. The Kier molecular flexibility index (Phi) is 4.95. The Bertz CT molecular complexity index is 492. The number of nitrogens with one attached hydrogen (secondary N) is 1. The topological polar surface area (TPSA) is 55.4 Å². The van der Waals surface area contributed by atoms with Crippen LogP contribution < -0.4 is 5.32 Å². The van der Waals surface area contributed by atoms with Crippen molar-refractivity contribution in [3.05, 3.63) is 28.8 Å². The Morgan fingerprint density at radius 2 is 1.95 bits per heavy atom. The lowest BCUT2D eigenvalue weighted by Gasteiger charge is -2.20. The van der Waals surface area contributed by atoms with Crippen molar-refractivity contribution in [2.24, 2.45) is 0 Å². The summed E-state index contributed by atoms with van der Waals surface area (Å²) in [4.78, 5) is 22.9. The van der Waals surface area contributed by atoms with Gasteiger partial charge in [0.25, 0.3) is 0 Å². The monoisotopic (exact) mass is 283 g/mol. The van der Waals surface area contributed by atoms with Crippen LogP contribution in [0.2, 0.25) is 5.02 Å². The zero-order valence-corrected chi connectivity index (χ0v) is 12.3. The third kappa shape index (κ3) is 5.75. The molecular formula is C14H18ClNO3. The number of carbonyl (C=O) groups is 2. The van der Waals surface area contributed by atoms with Crippen molar-refractivity contribution in [2.75, 3.05) is 5.32 Å². The quantitative estimate of drug-likeness (QED) is 0.917. The molecule has 19 heavy (non-hydrogen) atoms. The normalized spacial score (nSPS) is 11.0. The molecule has 0 spiro atoms. The van der Waals surface area contributed by atoms with Crippen LogP contribution in [0.3, 0.4) is 0 Å². The molecule has 0 saturated carbocycles. The summed E-state index contributed by atoms with van der Waals surface area (Å²) in [5.74, 6) is 0.00885. The van der Waals surface area contributed by atoms with Crippen molar-refractivity contribution in [3.63, 3.8) is 0 Å². The van der Waals surface area contributed by atoms with Crippen LogP contribution in [-0.4, -0.2) is 17.5 Å². The maximum atomic E-state index is 11.7. The smallest absolute Gasteiger partial charge is 0.412 e. The van der Waals surface area contributed by atoms with Gasteiger partial charge < -0.3 is 4.74 Å². The fourth-order valence-corrected chi connectivity index (χ4v) is 1.67. The van der Waals surface area contributed by atoms with Crippen LogP contribution in [0, 0.1) is 0 Å². The largest absolute Gasteiger partial charge is 0.444 e. The van der Waals surface area contributed by atoms with Gasteiger partial charge in [0, 0.05) is 17.1 Å². The summed E-state index contributed by atoms with van der Waals surface area (Å²) < 4.78 is 5.16. The van der Waals surface area contributed by atoms with E-state index in [-0.39, 0.29) is 12.2 Å². The fourth-order valence-electron chi connectivity index (χ4n) is 1.50. The number of carbonyl (C=O) groups excluding carboxylic acids is 2. The van der Waals surface area contributed by atoms with Gasteiger partial charge in [0.15, 0.2) is 0 Å². The van der Waals surface area contributed by atoms with Crippen LogP contribution in [0.1, 0.15) is 33.3 Å². The number of ether oxygens (including phenoxy) is 1. The van der Waals surface area contributed by atoms with E-state index in [1.54, 1.807) is 39.0 Å². The maximum absolute atomic E-state index is 11.7. The molecule has 5 heteroatoms. The molecule has 0 atom stereocenters. The average Bonchev–Trinajstić information content (AvgIpc) is 2.18. The van der Waals surface area contributed by atoms with Crippen molar-refractivity contribution in [1.82, 2.24) is 0 Å². The summed E-state index contributed by atoms with van der Waals surface area (Å²) in [7, 11) is 0. The van der Waals surface area contributed by atoms with Crippen LogP contribution >= 0.6 is 11.6 Å². The molecule has 0 aliphatic rings. The molecule has 0 aliphatic heterocycles. The molecule has 1 aromatic carbocycles. The van der Waals surface area contributed by atoms with Gasteiger partial charge in [-0.1, -0.05) is 17.7 Å². The van der Waals surface area contributed by atoms with E-state index in [4.69, 9.17) is 16.3 Å². The molecule has 0 aromatic heterocycles. The first kappa shape index (κ1) is 15.5. The molecule has 0 radical (unpaired) electrons. The standard InChI is InChI=1S/C14H18ClNO3/c1-9(17)7-10-5-6-11(15)8-12(10)16-13(18)19-14(2,3)4/h5-6,8H,7H2,1-4H3,(H,16,18). The lowest BCUT2D eigenvalue weighted by Crippen LogP contribution is -2.27. The highest BCUT2D eigenvalue weighted by atomic mass is 35.5. The first-order valence-electron chi connectivity index (χ1n) is 5.95. The first-order chi connectivity index (χ1) is 8.67. The third-order valence-corrected chi connectivity index (χ3v) is 2.38. The molecule has 0 aliphatic carbocycles. The highest BCUT2D eigenvalue weighted by Crippen LogP contribution is 2.22. The van der Waals surface area contributed by atoms with Crippen molar-refractivity contribution < 1.29 is 14.3 Å². The Morgan fingerprint density at radius 3 is 2.47 bits per heavy atom. The second-order valence-electron chi connectivity index (χ2n) is 5.31. The van der Waals surface area contributed by atoms with Gasteiger partial charge in [-0.2, -0.15) is 0 Å². The molecule has 1 rings (SSSR count). The van der Waals surface area contributed by atoms with Crippen molar-refractivity contribution in [1.29, 1.82) is 0 Å². The highest BCUT2D eigenvalue weighted by molar-refractivity contribution is 6.31. The van der Waals surface area contributed by atoms with Crippen LogP contribution in [0.5, 0.6) is 0 Å². The third-order valence-electron chi connectivity index (χ3n) is 2.15. The molecule has 1 amide bonds. The summed E-state index contributed by atoms with van der Waals surface area (Å²) in [5.41, 5.74) is 0.628. The molecule has 0 saturated heterocycles. The number of amides is 1. The Hall–Kier alpha value is -1.55. The van der Waals surface area contributed by atoms with E-state index in [9.17, 15) is 9.59 Å². The summed E-state index contributed by atoms with van der Waals surface area (Å²) in [6.07, 6.45) is -0.331. The number of ketones is 1. The van der Waals surface area contributed by atoms with Gasteiger partial charge >= 0.3 is 6.09 Å². The molecule has 0 fully saturated rings. The fraction of sp³-hybridized carbons (Fsp3) is 0.429. The number of anilines is 1. The predicted octanol–water partition coefficient (Wildman–Crippen LogP) is 3.82. The Labute approximate surface area is 118 Å². The summed E-state index contributed by atoms with van der Waals surface area (Å²) in [5, 5.41) is 3.10. The number of hydrogen-bond acceptors (Lipinski definition) is 3. The average molecular weight is 284 g/mol. The van der Waals surface area contributed by atoms with Crippen molar-refractivity contribution in [3.8, 4) is 0 Å². The second kappa shape index (κ2) is 6.06. The number of halogens is 1. The molecule has 1 N–H and O–H groups in total. The SMILES string of the molecule is CC(=O)Cc1ccc(Cl)cc1NC(=O)OC(C)(C)C. The number of benzene rings is 1. The summed E-state index contributed by atoms with van der Waals surface area (Å²) in [6, 6.07) is 5.00.